The van der Waals surface area contributed by atoms with Crippen LogP contribution in [-0.4, -0.2) is 52.3 Å². The molecule has 5 aromatic rings. The molecule has 52 heavy (non-hydrogen) atoms. The van der Waals surface area contributed by atoms with E-state index in [4.69, 9.17) is 25.8 Å². The van der Waals surface area contributed by atoms with Gasteiger partial charge in [0.05, 0.1) is 23.3 Å². The highest BCUT2D eigenvalue weighted by Gasteiger charge is 2.20. The first-order valence-corrected chi connectivity index (χ1v) is 18.0. The number of aliphatic hydroxyl groups excluding tert-OH is 1. The molecule has 1 fully saturated rings. The summed E-state index contributed by atoms with van der Waals surface area (Å²) in [5.41, 5.74) is 8.68. The monoisotopic (exact) mass is 717 g/mol. The lowest BCUT2D eigenvalue weighted by atomic mass is 9.93. The molecule has 3 aromatic carbocycles. The number of hydrogen-bond acceptors (Lipinski definition) is 9. The summed E-state index contributed by atoms with van der Waals surface area (Å²) in [6, 6.07) is 24.0. The molecule has 2 aromatic heterocycles. The zero-order valence-corrected chi connectivity index (χ0v) is 30.4. The fourth-order valence-corrected chi connectivity index (χ4v) is 6.67. The van der Waals surface area contributed by atoms with Gasteiger partial charge in [-0.2, -0.15) is 5.26 Å². The SMILES string of the molecule is Cc1c(COc2cc(OCc3cncc(C#N)c3)c(CNCc3cccnc3)cc2Cl)cccc1-c1cccc(OCCCN2CC[C@@H](O)C2)c1C. The summed E-state index contributed by atoms with van der Waals surface area (Å²) in [6.45, 7) is 9.14. The first-order valence-electron chi connectivity index (χ1n) is 17.6. The van der Waals surface area contributed by atoms with Gasteiger partial charge in [-0.3, -0.25) is 9.97 Å². The zero-order valence-electron chi connectivity index (χ0n) is 29.6. The van der Waals surface area contributed by atoms with E-state index in [1.54, 1.807) is 18.5 Å². The molecule has 10 heteroatoms. The first-order chi connectivity index (χ1) is 25.4. The van der Waals surface area contributed by atoms with E-state index in [1.165, 1.54) is 6.20 Å². The minimum atomic E-state index is -0.201. The number of nitrogens with zero attached hydrogens (tertiary/aromatic N) is 4. The van der Waals surface area contributed by atoms with Crippen LogP contribution in [0.25, 0.3) is 11.1 Å². The van der Waals surface area contributed by atoms with Gasteiger partial charge in [0, 0.05) is 74.7 Å². The Kier molecular flexibility index (Phi) is 12.7. The number of halogens is 1. The Morgan fingerprint density at radius 1 is 0.846 bits per heavy atom. The van der Waals surface area contributed by atoms with Crippen molar-refractivity contribution >= 4 is 11.6 Å². The molecule has 0 bridgehead atoms. The highest BCUT2D eigenvalue weighted by Crippen LogP contribution is 2.36. The van der Waals surface area contributed by atoms with Gasteiger partial charge in [0.15, 0.2) is 0 Å². The van der Waals surface area contributed by atoms with Gasteiger partial charge < -0.3 is 29.5 Å². The van der Waals surface area contributed by atoms with Gasteiger partial charge in [0.25, 0.3) is 0 Å². The van der Waals surface area contributed by atoms with Gasteiger partial charge in [-0.05, 0) is 84.3 Å². The molecular formula is C42H44ClN5O4. The molecule has 9 nitrogen and oxygen atoms in total. The third kappa shape index (κ3) is 9.66. The molecule has 1 atom stereocenters. The second kappa shape index (κ2) is 18.0. The molecule has 0 unspecified atom stereocenters. The molecule has 1 saturated heterocycles. The molecule has 1 aliphatic heterocycles. The van der Waals surface area contributed by atoms with E-state index in [2.05, 4.69) is 64.4 Å². The molecule has 0 saturated carbocycles. The summed E-state index contributed by atoms with van der Waals surface area (Å²) in [4.78, 5) is 10.7. The molecule has 1 aliphatic rings. The predicted molar refractivity (Wildman–Crippen MR) is 202 cm³/mol. The summed E-state index contributed by atoms with van der Waals surface area (Å²) in [5.74, 6) is 2.01. The molecule has 2 N–H and O–H groups in total. The Balaban J connectivity index is 1.15. The van der Waals surface area contributed by atoms with E-state index in [-0.39, 0.29) is 12.7 Å². The summed E-state index contributed by atoms with van der Waals surface area (Å²) < 4.78 is 18.9. The van der Waals surface area contributed by atoms with Crippen LogP contribution in [0, 0.1) is 25.2 Å². The molecule has 6 rings (SSSR count). The van der Waals surface area contributed by atoms with Gasteiger partial charge in [0.1, 0.15) is 36.5 Å². The van der Waals surface area contributed by atoms with Gasteiger partial charge in [-0.1, -0.05) is 48.0 Å². The van der Waals surface area contributed by atoms with Crippen LogP contribution in [-0.2, 0) is 26.3 Å². The quantitative estimate of drug-likeness (QED) is 0.0999. The van der Waals surface area contributed by atoms with Gasteiger partial charge in [-0.15, -0.1) is 0 Å². The van der Waals surface area contributed by atoms with Crippen LogP contribution < -0.4 is 19.5 Å². The molecule has 0 aliphatic carbocycles. The van der Waals surface area contributed by atoms with E-state index < -0.39 is 0 Å². The largest absolute Gasteiger partial charge is 0.493 e. The number of aliphatic hydroxyl groups is 1. The lowest BCUT2D eigenvalue weighted by Crippen LogP contribution is -2.24. The van der Waals surface area contributed by atoms with Gasteiger partial charge >= 0.3 is 0 Å². The maximum atomic E-state index is 9.80. The normalized spacial score (nSPS) is 14.2. The number of nitrogens with one attached hydrogen (secondary N) is 1. The van der Waals surface area contributed by atoms with Crippen LogP contribution in [0.15, 0.2) is 91.5 Å². The van der Waals surface area contributed by atoms with Crippen LogP contribution in [0.2, 0.25) is 5.02 Å². The summed E-state index contributed by atoms with van der Waals surface area (Å²) in [7, 11) is 0. The minimum Gasteiger partial charge on any atom is -0.493 e. The molecule has 3 heterocycles. The number of rotatable bonds is 16. The Bertz CT molecular complexity index is 2000. The average molecular weight is 718 g/mol. The standard InChI is InChI=1S/C42H44ClN5O4/c1-29-34(8-3-9-37(29)38-10-4-11-40(30(38)2)50-16-6-14-48-15-12-36(49)26-48)28-52-42-19-41(51-27-33-17-32(20-44)23-46-24-33)35(18-39(42)43)25-47-22-31-7-5-13-45-21-31/h3-5,7-11,13,17-19,21,23-24,36,47,49H,6,12,14-16,22,25-28H2,1-2H3/t36-/m1/s1. The van der Waals surface area contributed by atoms with Gasteiger partial charge in [-0.25, -0.2) is 0 Å². The van der Waals surface area contributed by atoms with E-state index in [1.807, 2.05) is 42.6 Å². The van der Waals surface area contributed by atoms with Crippen LogP contribution in [0.4, 0.5) is 0 Å². The average Bonchev–Trinajstić information content (AvgIpc) is 3.58. The molecule has 268 valence electrons. The summed E-state index contributed by atoms with van der Waals surface area (Å²) >= 11 is 6.83. The van der Waals surface area contributed by atoms with E-state index in [0.717, 1.165) is 82.7 Å². The van der Waals surface area contributed by atoms with Crippen molar-refractivity contribution in [2.75, 3.05) is 26.2 Å². The molecule has 0 spiro atoms. The number of ether oxygens (including phenoxy) is 3. The van der Waals surface area contributed by atoms with Crippen molar-refractivity contribution in [3.05, 3.63) is 135 Å². The van der Waals surface area contributed by atoms with Crippen molar-refractivity contribution in [1.29, 1.82) is 5.26 Å². The van der Waals surface area contributed by atoms with Gasteiger partial charge in [0.2, 0.25) is 0 Å². The van der Waals surface area contributed by atoms with Crippen molar-refractivity contribution in [2.24, 2.45) is 0 Å². The van der Waals surface area contributed by atoms with E-state index in [9.17, 15) is 10.4 Å². The highest BCUT2D eigenvalue weighted by molar-refractivity contribution is 6.32. The second-order valence-corrected chi connectivity index (χ2v) is 13.5. The number of benzene rings is 3. The number of β-amino-alcohol motifs (C(OH)–C–C–N with tert-alkyl or cyclic N) is 1. The number of nitriles is 1. The Labute approximate surface area is 310 Å². The first kappa shape index (κ1) is 36.8. The fourth-order valence-electron chi connectivity index (χ4n) is 6.43. The third-order valence-electron chi connectivity index (χ3n) is 9.33. The maximum absolute atomic E-state index is 9.80. The fraction of sp³-hybridized carbons (Fsp3) is 0.310. The zero-order chi connectivity index (χ0) is 36.3. The van der Waals surface area contributed by atoms with Crippen LogP contribution in [0.5, 0.6) is 17.2 Å². The van der Waals surface area contributed by atoms with Crippen molar-refractivity contribution in [2.45, 2.75) is 59.1 Å². The van der Waals surface area contributed by atoms with E-state index >= 15 is 0 Å². The molecule has 0 amide bonds. The number of pyridine rings is 2. The maximum Gasteiger partial charge on any atom is 0.142 e. The Morgan fingerprint density at radius 3 is 2.44 bits per heavy atom. The topological polar surface area (TPSA) is 113 Å². The Hall–Kier alpha value is -4.98. The molecular weight excluding hydrogens is 674 g/mol. The summed E-state index contributed by atoms with van der Waals surface area (Å²) in [5, 5.41) is 23.0. The second-order valence-electron chi connectivity index (χ2n) is 13.1. The van der Waals surface area contributed by atoms with Crippen molar-refractivity contribution < 1.29 is 19.3 Å². The lowest BCUT2D eigenvalue weighted by Gasteiger charge is -2.19. The van der Waals surface area contributed by atoms with Crippen LogP contribution >= 0.6 is 11.6 Å². The Morgan fingerprint density at radius 2 is 1.65 bits per heavy atom. The van der Waals surface area contributed by atoms with Crippen molar-refractivity contribution in [1.82, 2.24) is 20.2 Å². The van der Waals surface area contributed by atoms with Crippen LogP contribution in [0.3, 0.4) is 0 Å². The molecule has 0 radical (unpaired) electrons. The lowest BCUT2D eigenvalue weighted by molar-refractivity contribution is 0.173. The predicted octanol–water partition coefficient (Wildman–Crippen LogP) is 7.57. The van der Waals surface area contributed by atoms with Crippen LogP contribution in [0.1, 0.15) is 51.8 Å². The van der Waals surface area contributed by atoms with Crippen molar-refractivity contribution in [3.8, 4) is 34.4 Å². The summed E-state index contributed by atoms with van der Waals surface area (Å²) in [6.07, 6.45) is 8.36. The number of hydrogen-bond donors (Lipinski definition) is 2. The minimum absolute atomic E-state index is 0.201. The van der Waals surface area contributed by atoms with E-state index in [0.29, 0.717) is 48.4 Å². The highest BCUT2D eigenvalue weighted by atomic mass is 35.5. The third-order valence-corrected chi connectivity index (χ3v) is 9.62. The van der Waals surface area contributed by atoms with Crippen molar-refractivity contribution in [3.63, 3.8) is 0 Å². The smallest absolute Gasteiger partial charge is 0.142 e. The number of likely N-dealkylation sites (tertiary alicyclic amines) is 1. The number of aromatic nitrogens is 2.